The SMILES string of the molecule is CC1CC1NC(=O)c1cc(Br)cn1C. The van der Waals surface area contributed by atoms with Gasteiger partial charge in [-0.2, -0.15) is 0 Å². The molecule has 1 saturated carbocycles. The van der Waals surface area contributed by atoms with Crippen molar-refractivity contribution in [3.05, 3.63) is 22.4 Å². The van der Waals surface area contributed by atoms with E-state index in [2.05, 4.69) is 28.2 Å². The lowest BCUT2D eigenvalue weighted by Gasteiger charge is -2.04. The van der Waals surface area contributed by atoms with E-state index in [-0.39, 0.29) is 5.91 Å². The molecule has 1 amide bonds. The standard InChI is InChI=1S/C10H13BrN2O/c1-6-3-8(6)12-10(14)9-4-7(11)5-13(9)2/h4-6,8H,3H2,1-2H3,(H,12,14). The normalized spacial score (nSPS) is 24.8. The zero-order chi connectivity index (χ0) is 10.3. The van der Waals surface area contributed by atoms with Crippen LogP contribution in [0.3, 0.4) is 0 Å². The summed E-state index contributed by atoms with van der Waals surface area (Å²) in [6.07, 6.45) is 2.99. The fourth-order valence-electron chi connectivity index (χ4n) is 1.52. The number of hydrogen-bond acceptors (Lipinski definition) is 1. The molecule has 2 atom stereocenters. The van der Waals surface area contributed by atoms with Gasteiger partial charge in [0.25, 0.3) is 5.91 Å². The Morgan fingerprint density at radius 1 is 1.71 bits per heavy atom. The highest BCUT2D eigenvalue weighted by atomic mass is 79.9. The Morgan fingerprint density at radius 2 is 2.36 bits per heavy atom. The summed E-state index contributed by atoms with van der Waals surface area (Å²) >= 11 is 3.34. The molecule has 1 aromatic rings. The van der Waals surface area contributed by atoms with E-state index in [1.54, 1.807) is 0 Å². The Kier molecular flexibility index (Phi) is 2.39. The summed E-state index contributed by atoms with van der Waals surface area (Å²) in [5.74, 6) is 0.662. The van der Waals surface area contributed by atoms with Crippen LogP contribution in [0.25, 0.3) is 0 Å². The summed E-state index contributed by atoms with van der Waals surface area (Å²) in [4.78, 5) is 11.7. The predicted molar refractivity (Wildman–Crippen MR) is 58.1 cm³/mol. The number of nitrogens with zero attached hydrogens (tertiary/aromatic N) is 1. The maximum absolute atomic E-state index is 11.7. The first-order chi connectivity index (χ1) is 6.58. The van der Waals surface area contributed by atoms with Crippen LogP contribution in [0.1, 0.15) is 23.8 Å². The second kappa shape index (κ2) is 3.42. The number of aryl methyl sites for hydroxylation is 1. The zero-order valence-corrected chi connectivity index (χ0v) is 9.84. The van der Waals surface area contributed by atoms with Gasteiger partial charge in [-0.25, -0.2) is 0 Å². The minimum Gasteiger partial charge on any atom is -0.348 e. The number of nitrogens with one attached hydrogen (secondary N) is 1. The summed E-state index contributed by atoms with van der Waals surface area (Å²) in [5.41, 5.74) is 0.705. The number of halogens is 1. The fourth-order valence-corrected chi connectivity index (χ4v) is 2.04. The molecule has 76 valence electrons. The Morgan fingerprint density at radius 3 is 2.79 bits per heavy atom. The van der Waals surface area contributed by atoms with Crippen molar-refractivity contribution in [2.45, 2.75) is 19.4 Å². The van der Waals surface area contributed by atoms with Gasteiger partial charge in [-0.1, -0.05) is 6.92 Å². The van der Waals surface area contributed by atoms with Crippen LogP contribution >= 0.6 is 15.9 Å². The number of rotatable bonds is 2. The van der Waals surface area contributed by atoms with Gasteiger partial charge in [0.2, 0.25) is 0 Å². The van der Waals surface area contributed by atoms with Crippen LogP contribution in [0.15, 0.2) is 16.7 Å². The molecule has 0 aromatic carbocycles. The molecule has 0 spiro atoms. The molecule has 3 nitrogen and oxygen atoms in total. The maximum Gasteiger partial charge on any atom is 0.268 e. The van der Waals surface area contributed by atoms with E-state index < -0.39 is 0 Å². The molecule has 14 heavy (non-hydrogen) atoms. The number of hydrogen-bond donors (Lipinski definition) is 1. The molecule has 1 N–H and O–H groups in total. The molecule has 1 fully saturated rings. The summed E-state index contributed by atoms with van der Waals surface area (Å²) in [6, 6.07) is 2.22. The maximum atomic E-state index is 11.7. The molecule has 0 bridgehead atoms. The topological polar surface area (TPSA) is 34.0 Å². The Balaban J connectivity index is 2.07. The van der Waals surface area contributed by atoms with Crippen LogP contribution in [-0.2, 0) is 7.05 Å². The van der Waals surface area contributed by atoms with Crippen LogP contribution < -0.4 is 5.32 Å². The van der Waals surface area contributed by atoms with Gasteiger partial charge in [-0.05, 0) is 34.3 Å². The van der Waals surface area contributed by atoms with E-state index in [1.807, 2.05) is 23.9 Å². The van der Waals surface area contributed by atoms with Crippen molar-refractivity contribution in [2.75, 3.05) is 0 Å². The molecule has 4 heteroatoms. The Labute approximate surface area is 91.6 Å². The molecule has 2 unspecified atom stereocenters. The summed E-state index contributed by atoms with van der Waals surface area (Å²) in [5, 5.41) is 2.99. The van der Waals surface area contributed by atoms with Crippen molar-refractivity contribution in [1.29, 1.82) is 0 Å². The van der Waals surface area contributed by atoms with Gasteiger partial charge in [0.05, 0.1) is 0 Å². The van der Waals surface area contributed by atoms with Crippen LogP contribution in [0.4, 0.5) is 0 Å². The van der Waals surface area contributed by atoms with Crippen LogP contribution in [0, 0.1) is 5.92 Å². The van der Waals surface area contributed by atoms with Crippen molar-refractivity contribution in [2.24, 2.45) is 13.0 Å². The third-order valence-corrected chi connectivity index (χ3v) is 3.06. The number of aromatic nitrogens is 1. The first kappa shape index (κ1) is 9.77. The average Bonchev–Trinajstić information content (AvgIpc) is 2.64. The largest absolute Gasteiger partial charge is 0.348 e. The van der Waals surface area contributed by atoms with Gasteiger partial charge in [0.15, 0.2) is 0 Å². The summed E-state index contributed by atoms with van der Waals surface area (Å²) in [7, 11) is 1.87. The highest BCUT2D eigenvalue weighted by Gasteiger charge is 2.34. The van der Waals surface area contributed by atoms with Crippen molar-refractivity contribution in [1.82, 2.24) is 9.88 Å². The lowest BCUT2D eigenvalue weighted by Crippen LogP contribution is -2.28. The summed E-state index contributed by atoms with van der Waals surface area (Å²) < 4.78 is 2.76. The molecule has 0 saturated heterocycles. The van der Waals surface area contributed by atoms with Crippen molar-refractivity contribution in [3.8, 4) is 0 Å². The molecule has 2 rings (SSSR count). The third kappa shape index (κ3) is 1.85. The lowest BCUT2D eigenvalue weighted by molar-refractivity contribution is 0.0941. The van der Waals surface area contributed by atoms with Crippen molar-refractivity contribution >= 4 is 21.8 Å². The molecule has 0 radical (unpaired) electrons. The van der Waals surface area contributed by atoms with E-state index in [1.165, 1.54) is 0 Å². The van der Waals surface area contributed by atoms with Crippen LogP contribution in [0.5, 0.6) is 0 Å². The minimum absolute atomic E-state index is 0.0209. The smallest absolute Gasteiger partial charge is 0.268 e. The second-order valence-electron chi connectivity index (χ2n) is 3.95. The first-order valence-electron chi connectivity index (χ1n) is 4.70. The molecular formula is C10H13BrN2O. The molecule has 1 aliphatic carbocycles. The number of carbonyl (C=O) groups is 1. The van der Waals surface area contributed by atoms with E-state index in [4.69, 9.17) is 0 Å². The second-order valence-corrected chi connectivity index (χ2v) is 4.86. The van der Waals surface area contributed by atoms with Gasteiger partial charge in [-0.3, -0.25) is 4.79 Å². The van der Waals surface area contributed by atoms with Gasteiger partial charge in [-0.15, -0.1) is 0 Å². The predicted octanol–water partition coefficient (Wildman–Crippen LogP) is 1.93. The highest BCUT2D eigenvalue weighted by Crippen LogP contribution is 2.29. The fraction of sp³-hybridized carbons (Fsp3) is 0.500. The van der Waals surface area contributed by atoms with E-state index >= 15 is 0 Å². The molecular weight excluding hydrogens is 244 g/mol. The van der Waals surface area contributed by atoms with Gasteiger partial charge < -0.3 is 9.88 Å². The number of amides is 1. The van der Waals surface area contributed by atoms with Gasteiger partial charge >= 0.3 is 0 Å². The molecule has 1 heterocycles. The van der Waals surface area contributed by atoms with Crippen LogP contribution in [-0.4, -0.2) is 16.5 Å². The zero-order valence-electron chi connectivity index (χ0n) is 8.25. The highest BCUT2D eigenvalue weighted by molar-refractivity contribution is 9.10. The van der Waals surface area contributed by atoms with Crippen molar-refractivity contribution in [3.63, 3.8) is 0 Å². The Bertz CT molecular complexity index is 372. The van der Waals surface area contributed by atoms with E-state index in [0.717, 1.165) is 10.9 Å². The van der Waals surface area contributed by atoms with E-state index in [9.17, 15) is 4.79 Å². The van der Waals surface area contributed by atoms with Crippen LogP contribution in [0.2, 0.25) is 0 Å². The van der Waals surface area contributed by atoms with Crippen molar-refractivity contribution < 1.29 is 4.79 Å². The quantitative estimate of drug-likeness (QED) is 0.862. The van der Waals surface area contributed by atoms with Gasteiger partial charge in [0, 0.05) is 23.8 Å². The minimum atomic E-state index is 0.0209. The third-order valence-electron chi connectivity index (χ3n) is 2.63. The molecule has 1 aliphatic rings. The number of carbonyl (C=O) groups excluding carboxylic acids is 1. The lowest BCUT2D eigenvalue weighted by atomic mass is 10.4. The monoisotopic (exact) mass is 256 g/mol. The molecule has 0 aliphatic heterocycles. The average molecular weight is 257 g/mol. The Hall–Kier alpha value is -0.770. The van der Waals surface area contributed by atoms with Gasteiger partial charge in [0.1, 0.15) is 5.69 Å². The first-order valence-corrected chi connectivity index (χ1v) is 5.50. The molecule has 1 aromatic heterocycles. The van der Waals surface area contributed by atoms with E-state index in [0.29, 0.717) is 17.7 Å². The summed E-state index contributed by atoms with van der Waals surface area (Å²) in [6.45, 7) is 2.14.